The van der Waals surface area contributed by atoms with Crippen molar-refractivity contribution < 1.29 is 4.79 Å². The second kappa shape index (κ2) is 2.98. The summed E-state index contributed by atoms with van der Waals surface area (Å²) in [5.41, 5.74) is 15.4. The lowest BCUT2D eigenvalue weighted by molar-refractivity contribution is -0.119. The van der Waals surface area contributed by atoms with Crippen LogP contribution in [0.3, 0.4) is 0 Å². The van der Waals surface area contributed by atoms with E-state index < -0.39 is 11.4 Å². The highest BCUT2D eigenvalue weighted by Crippen LogP contribution is 2.07. The first-order valence-electron chi connectivity index (χ1n) is 3.19. The summed E-state index contributed by atoms with van der Waals surface area (Å²) in [5, 5.41) is 0. The fourth-order valence-corrected chi connectivity index (χ4v) is 0.536. The summed E-state index contributed by atoms with van der Waals surface area (Å²) in [4.78, 5) is 10.4. The fourth-order valence-electron chi connectivity index (χ4n) is 0.536. The number of hydrogen-bond acceptors (Lipinski definition) is 3. The Balaban J connectivity index is 3.99. The monoisotopic (exact) mass is 145 g/mol. The summed E-state index contributed by atoms with van der Waals surface area (Å²) in [6.07, 6.45) is 0.130. The highest BCUT2D eigenvalue weighted by atomic mass is 16.1. The van der Waals surface area contributed by atoms with Crippen LogP contribution in [0, 0.1) is 0 Å². The lowest BCUT2D eigenvalue weighted by atomic mass is 9.91. The Morgan fingerprint density at radius 2 is 2.10 bits per heavy atom. The molecule has 0 heterocycles. The molecule has 0 saturated heterocycles. The van der Waals surface area contributed by atoms with Gasteiger partial charge in [-0.15, -0.1) is 0 Å². The lowest BCUT2D eigenvalue weighted by Gasteiger charge is -2.26. The molecule has 0 saturated carbocycles. The molecule has 4 heteroatoms. The molecular formula is C6H15N3O. The highest BCUT2D eigenvalue weighted by Gasteiger charge is 2.25. The zero-order valence-corrected chi connectivity index (χ0v) is 6.42. The van der Waals surface area contributed by atoms with Crippen LogP contribution in [0.25, 0.3) is 0 Å². The standard InChI is InChI=1S/C6H15N3O/c1-4(7)6(2,9)3-5(8)10/h4H,3,7,9H2,1-2H3,(H2,8,10). The minimum Gasteiger partial charge on any atom is -0.370 e. The Morgan fingerprint density at radius 3 is 2.20 bits per heavy atom. The average molecular weight is 145 g/mol. The van der Waals surface area contributed by atoms with Crippen molar-refractivity contribution in [3.05, 3.63) is 0 Å². The van der Waals surface area contributed by atoms with Gasteiger partial charge in [0.15, 0.2) is 0 Å². The molecule has 0 aromatic heterocycles. The molecule has 10 heavy (non-hydrogen) atoms. The smallest absolute Gasteiger partial charge is 0.219 e. The Kier molecular flexibility index (Phi) is 2.80. The van der Waals surface area contributed by atoms with Gasteiger partial charge in [-0.25, -0.2) is 0 Å². The minimum atomic E-state index is -0.675. The number of nitrogens with two attached hydrogens (primary N) is 3. The van der Waals surface area contributed by atoms with Crippen molar-refractivity contribution in [2.24, 2.45) is 17.2 Å². The molecule has 0 aromatic rings. The summed E-state index contributed by atoms with van der Waals surface area (Å²) in [6.45, 7) is 3.46. The van der Waals surface area contributed by atoms with Crippen molar-refractivity contribution in [1.82, 2.24) is 0 Å². The van der Waals surface area contributed by atoms with Crippen molar-refractivity contribution >= 4 is 5.91 Å². The van der Waals surface area contributed by atoms with Gasteiger partial charge in [0, 0.05) is 18.0 Å². The van der Waals surface area contributed by atoms with Crippen LogP contribution >= 0.6 is 0 Å². The Bertz CT molecular complexity index is 131. The van der Waals surface area contributed by atoms with Gasteiger partial charge in [-0.05, 0) is 13.8 Å². The Labute approximate surface area is 60.7 Å². The first-order valence-corrected chi connectivity index (χ1v) is 3.19. The molecule has 0 radical (unpaired) electrons. The molecule has 0 spiro atoms. The van der Waals surface area contributed by atoms with Gasteiger partial charge in [0.25, 0.3) is 0 Å². The van der Waals surface area contributed by atoms with Crippen molar-refractivity contribution in [2.75, 3.05) is 0 Å². The number of primary amides is 1. The summed E-state index contributed by atoms with van der Waals surface area (Å²) in [5.74, 6) is -0.415. The van der Waals surface area contributed by atoms with E-state index >= 15 is 0 Å². The molecule has 0 aliphatic carbocycles. The molecule has 0 rings (SSSR count). The Hall–Kier alpha value is -0.610. The minimum absolute atomic E-state index is 0.130. The molecule has 6 N–H and O–H groups in total. The van der Waals surface area contributed by atoms with E-state index in [1.54, 1.807) is 13.8 Å². The zero-order chi connectivity index (χ0) is 8.36. The molecule has 0 fully saturated rings. The predicted octanol–water partition coefficient (Wildman–Crippen LogP) is -1.07. The molecule has 0 bridgehead atoms. The van der Waals surface area contributed by atoms with Crippen LogP contribution in [0.4, 0.5) is 0 Å². The molecule has 60 valence electrons. The quantitative estimate of drug-likeness (QED) is 0.471. The molecule has 2 atom stereocenters. The van der Waals surface area contributed by atoms with Crippen LogP contribution in [0.5, 0.6) is 0 Å². The van der Waals surface area contributed by atoms with E-state index in [0.717, 1.165) is 0 Å². The van der Waals surface area contributed by atoms with Crippen LogP contribution in [0.1, 0.15) is 20.3 Å². The molecule has 4 nitrogen and oxygen atoms in total. The number of amides is 1. The number of carbonyl (C=O) groups excluding carboxylic acids is 1. The second-order valence-corrected chi connectivity index (χ2v) is 2.94. The average Bonchev–Trinajstić information content (AvgIpc) is 1.60. The van der Waals surface area contributed by atoms with Gasteiger partial charge >= 0.3 is 0 Å². The van der Waals surface area contributed by atoms with Crippen LogP contribution in [0.2, 0.25) is 0 Å². The molecule has 0 aliphatic rings. The van der Waals surface area contributed by atoms with E-state index in [0.29, 0.717) is 0 Å². The second-order valence-electron chi connectivity index (χ2n) is 2.94. The molecular weight excluding hydrogens is 130 g/mol. The van der Waals surface area contributed by atoms with Gasteiger partial charge in [0.05, 0.1) is 0 Å². The van der Waals surface area contributed by atoms with Crippen molar-refractivity contribution in [3.8, 4) is 0 Å². The van der Waals surface area contributed by atoms with Gasteiger partial charge < -0.3 is 17.2 Å². The SMILES string of the molecule is CC(N)C(C)(N)CC(N)=O. The van der Waals surface area contributed by atoms with E-state index in [4.69, 9.17) is 17.2 Å². The summed E-state index contributed by atoms with van der Waals surface area (Å²) in [6, 6.07) is -0.222. The van der Waals surface area contributed by atoms with Crippen LogP contribution in [-0.2, 0) is 4.79 Å². The van der Waals surface area contributed by atoms with E-state index in [1.807, 2.05) is 0 Å². The van der Waals surface area contributed by atoms with Crippen LogP contribution in [-0.4, -0.2) is 17.5 Å². The molecule has 0 aliphatic heterocycles. The van der Waals surface area contributed by atoms with Gasteiger partial charge in [0.1, 0.15) is 0 Å². The first kappa shape index (κ1) is 9.39. The van der Waals surface area contributed by atoms with Crippen molar-refractivity contribution in [2.45, 2.75) is 31.8 Å². The zero-order valence-electron chi connectivity index (χ0n) is 6.42. The van der Waals surface area contributed by atoms with E-state index in [-0.39, 0.29) is 12.5 Å². The van der Waals surface area contributed by atoms with Gasteiger partial charge in [-0.2, -0.15) is 0 Å². The summed E-state index contributed by atoms with van der Waals surface area (Å²) < 4.78 is 0. The predicted molar refractivity (Wildman–Crippen MR) is 40.1 cm³/mol. The van der Waals surface area contributed by atoms with E-state index in [1.165, 1.54) is 0 Å². The maximum Gasteiger partial charge on any atom is 0.219 e. The normalized spacial score (nSPS) is 19.6. The summed E-state index contributed by atoms with van der Waals surface area (Å²) in [7, 11) is 0. The largest absolute Gasteiger partial charge is 0.370 e. The number of rotatable bonds is 3. The summed E-state index contributed by atoms with van der Waals surface area (Å²) >= 11 is 0. The van der Waals surface area contributed by atoms with E-state index in [9.17, 15) is 4.79 Å². The first-order chi connectivity index (χ1) is 4.36. The van der Waals surface area contributed by atoms with Gasteiger partial charge in [-0.3, -0.25) is 4.79 Å². The third-order valence-electron chi connectivity index (χ3n) is 1.60. The lowest BCUT2D eigenvalue weighted by Crippen LogP contribution is -2.53. The molecule has 0 aromatic carbocycles. The maximum absolute atomic E-state index is 10.4. The van der Waals surface area contributed by atoms with Crippen LogP contribution < -0.4 is 17.2 Å². The van der Waals surface area contributed by atoms with E-state index in [2.05, 4.69) is 0 Å². The van der Waals surface area contributed by atoms with Gasteiger partial charge in [-0.1, -0.05) is 0 Å². The third-order valence-corrected chi connectivity index (χ3v) is 1.60. The van der Waals surface area contributed by atoms with Crippen molar-refractivity contribution in [1.29, 1.82) is 0 Å². The van der Waals surface area contributed by atoms with Crippen LogP contribution in [0.15, 0.2) is 0 Å². The molecule has 1 amide bonds. The number of carbonyl (C=O) groups is 1. The number of hydrogen-bond donors (Lipinski definition) is 3. The molecule has 2 unspecified atom stereocenters. The van der Waals surface area contributed by atoms with Crippen molar-refractivity contribution in [3.63, 3.8) is 0 Å². The maximum atomic E-state index is 10.4. The Morgan fingerprint density at radius 1 is 1.70 bits per heavy atom. The fraction of sp³-hybridized carbons (Fsp3) is 0.833. The highest BCUT2D eigenvalue weighted by molar-refractivity contribution is 5.75. The van der Waals surface area contributed by atoms with Gasteiger partial charge in [0.2, 0.25) is 5.91 Å². The topological polar surface area (TPSA) is 95.1 Å². The third kappa shape index (κ3) is 2.80.